The Hall–Kier alpha value is -0.120. The molecule has 0 spiro atoms. The molecule has 3 N–H and O–H groups in total. The fourth-order valence-corrected chi connectivity index (χ4v) is 2.13. The van der Waals surface area contributed by atoms with Crippen molar-refractivity contribution >= 4 is 0 Å². The zero-order valence-electron chi connectivity index (χ0n) is 9.51. The fraction of sp³-hybridized carbons (Fsp3) is 1.00. The molecular formula is C11H24N2O. The van der Waals surface area contributed by atoms with E-state index in [1.165, 1.54) is 32.1 Å². The minimum Gasteiger partial charge on any atom is -0.379 e. The van der Waals surface area contributed by atoms with Gasteiger partial charge in [0.2, 0.25) is 0 Å². The van der Waals surface area contributed by atoms with E-state index in [-0.39, 0.29) is 6.10 Å². The molecule has 3 heteroatoms. The van der Waals surface area contributed by atoms with Gasteiger partial charge >= 0.3 is 0 Å². The second-order valence-corrected chi connectivity index (χ2v) is 4.60. The van der Waals surface area contributed by atoms with Crippen molar-refractivity contribution < 1.29 is 4.74 Å². The molecule has 3 nitrogen and oxygen atoms in total. The summed E-state index contributed by atoms with van der Waals surface area (Å²) in [5.41, 5.74) is 5.90. The molecule has 84 valence electrons. The van der Waals surface area contributed by atoms with E-state index in [0.717, 1.165) is 6.54 Å². The van der Waals surface area contributed by atoms with Crippen LogP contribution < -0.4 is 11.1 Å². The predicted octanol–water partition coefficient (Wildman–Crippen LogP) is 1.27. The van der Waals surface area contributed by atoms with Crippen LogP contribution in [0.25, 0.3) is 0 Å². The lowest BCUT2D eigenvalue weighted by molar-refractivity contribution is 0.0949. The first-order chi connectivity index (χ1) is 6.70. The summed E-state index contributed by atoms with van der Waals surface area (Å²) in [5.74, 6) is 0. The van der Waals surface area contributed by atoms with E-state index < -0.39 is 0 Å². The van der Waals surface area contributed by atoms with Crippen LogP contribution in [0.2, 0.25) is 0 Å². The van der Waals surface area contributed by atoms with Crippen LogP contribution in [-0.4, -0.2) is 31.8 Å². The Morgan fingerprint density at radius 3 is 2.50 bits per heavy atom. The zero-order valence-corrected chi connectivity index (χ0v) is 9.51. The first-order valence-electron chi connectivity index (χ1n) is 5.68. The fourth-order valence-electron chi connectivity index (χ4n) is 2.13. The van der Waals surface area contributed by atoms with E-state index in [9.17, 15) is 0 Å². The number of rotatable bonds is 5. The molecule has 0 amide bonds. The van der Waals surface area contributed by atoms with E-state index in [1.54, 1.807) is 7.11 Å². The van der Waals surface area contributed by atoms with Crippen molar-refractivity contribution in [2.24, 2.45) is 5.73 Å². The Bertz CT molecular complexity index is 151. The summed E-state index contributed by atoms with van der Waals surface area (Å²) in [6, 6.07) is 0. The molecule has 0 radical (unpaired) electrons. The summed E-state index contributed by atoms with van der Waals surface area (Å²) in [7, 11) is 1.72. The van der Waals surface area contributed by atoms with Crippen molar-refractivity contribution in [2.75, 3.05) is 20.2 Å². The Labute approximate surface area is 87.4 Å². The number of hydrogen-bond acceptors (Lipinski definition) is 3. The summed E-state index contributed by atoms with van der Waals surface area (Å²) >= 11 is 0. The highest BCUT2D eigenvalue weighted by atomic mass is 16.5. The van der Waals surface area contributed by atoms with Gasteiger partial charge in [0.1, 0.15) is 0 Å². The van der Waals surface area contributed by atoms with Crippen LogP contribution in [0.3, 0.4) is 0 Å². The van der Waals surface area contributed by atoms with Crippen molar-refractivity contribution in [3.05, 3.63) is 0 Å². The zero-order chi connectivity index (χ0) is 10.4. The summed E-state index contributed by atoms with van der Waals surface area (Å²) in [4.78, 5) is 0. The second kappa shape index (κ2) is 5.69. The molecule has 0 aromatic heterocycles. The molecule has 1 aliphatic carbocycles. The minimum absolute atomic E-state index is 0.161. The summed E-state index contributed by atoms with van der Waals surface area (Å²) in [6.07, 6.45) is 6.82. The molecule has 0 saturated heterocycles. The van der Waals surface area contributed by atoms with Gasteiger partial charge in [0.05, 0.1) is 6.10 Å². The number of hydrogen-bond donors (Lipinski definition) is 2. The van der Waals surface area contributed by atoms with E-state index in [1.807, 2.05) is 0 Å². The topological polar surface area (TPSA) is 47.3 Å². The number of nitrogens with two attached hydrogens (primary N) is 1. The van der Waals surface area contributed by atoms with Crippen molar-refractivity contribution in [2.45, 2.75) is 50.7 Å². The highest BCUT2D eigenvalue weighted by Crippen LogP contribution is 2.27. The molecule has 1 atom stereocenters. The maximum Gasteiger partial charge on any atom is 0.0817 e. The standard InChI is InChI=1S/C11H24N2O/c1-11(6-4-3-5-7-11)13-9-10(8-12)14-2/h10,13H,3-9,12H2,1-2H3. The number of nitrogens with one attached hydrogen (secondary N) is 1. The Kier molecular flexibility index (Phi) is 4.85. The first-order valence-corrected chi connectivity index (χ1v) is 5.68. The molecule has 1 saturated carbocycles. The smallest absolute Gasteiger partial charge is 0.0817 e. The van der Waals surface area contributed by atoms with Crippen molar-refractivity contribution in [1.29, 1.82) is 0 Å². The van der Waals surface area contributed by atoms with Crippen LogP contribution in [0.1, 0.15) is 39.0 Å². The predicted molar refractivity (Wildman–Crippen MR) is 59.3 cm³/mol. The molecule has 1 fully saturated rings. The molecule has 0 heterocycles. The SMILES string of the molecule is COC(CN)CNC1(C)CCCCC1. The van der Waals surface area contributed by atoms with Crippen LogP contribution in [0.15, 0.2) is 0 Å². The Balaban J connectivity index is 2.27. The van der Waals surface area contributed by atoms with Gasteiger partial charge in [-0.3, -0.25) is 0 Å². The third-order valence-electron chi connectivity index (χ3n) is 3.31. The van der Waals surface area contributed by atoms with Gasteiger partial charge in [0.15, 0.2) is 0 Å². The molecule has 14 heavy (non-hydrogen) atoms. The molecule has 0 bridgehead atoms. The van der Waals surface area contributed by atoms with Crippen molar-refractivity contribution in [1.82, 2.24) is 5.32 Å². The number of ether oxygens (including phenoxy) is 1. The van der Waals surface area contributed by atoms with Gasteiger partial charge in [0.25, 0.3) is 0 Å². The number of methoxy groups -OCH3 is 1. The van der Waals surface area contributed by atoms with E-state index in [2.05, 4.69) is 12.2 Å². The van der Waals surface area contributed by atoms with E-state index in [0.29, 0.717) is 12.1 Å². The molecule has 0 aliphatic heterocycles. The molecule has 1 aliphatic rings. The average molecular weight is 200 g/mol. The molecule has 1 rings (SSSR count). The lowest BCUT2D eigenvalue weighted by atomic mass is 9.83. The van der Waals surface area contributed by atoms with Gasteiger partial charge in [0, 0.05) is 25.7 Å². The average Bonchev–Trinajstić information content (AvgIpc) is 2.20. The summed E-state index contributed by atoms with van der Waals surface area (Å²) < 4.78 is 5.25. The highest BCUT2D eigenvalue weighted by Gasteiger charge is 2.26. The third-order valence-corrected chi connectivity index (χ3v) is 3.31. The first kappa shape index (κ1) is 12.0. The molecule has 1 unspecified atom stereocenters. The van der Waals surface area contributed by atoms with E-state index in [4.69, 9.17) is 10.5 Å². The van der Waals surface area contributed by atoms with Crippen molar-refractivity contribution in [3.8, 4) is 0 Å². The van der Waals surface area contributed by atoms with Crippen LogP contribution in [-0.2, 0) is 4.74 Å². The quantitative estimate of drug-likeness (QED) is 0.702. The van der Waals surface area contributed by atoms with Gasteiger partial charge < -0.3 is 15.8 Å². The lowest BCUT2D eigenvalue weighted by Gasteiger charge is -2.35. The molecule has 0 aromatic carbocycles. The van der Waals surface area contributed by atoms with Crippen LogP contribution in [0.5, 0.6) is 0 Å². The van der Waals surface area contributed by atoms with Gasteiger partial charge in [-0.15, -0.1) is 0 Å². The molecule has 0 aromatic rings. The second-order valence-electron chi connectivity index (χ2n) is 4.60. The monoisotopic (exact) mass is 200 g/mol. The van der Waals surface area contributed by atoms with Gasteiger partial charge in [-0.2, -0.15) is 0 Å². The van der Waals surface area contributed by atoms with Crippen LogP contribution in [0, 0.1) is 0 Å². The summed E-state index contributed by atoms with van der Waals surface area (Å²) in [5, 5.41) is 3.59. The molecular weight excluding hydrogens is 176 g/mol. The third kappa shape index (κ3) is 3.56. The highest BCUT2D eigenvalue weighted by molar-refractivity contribution is 4.87. The summed E-state index contributed by atoms with van der Waals surface area (Å²) in [6.45, 7) is 3.79. The van der Waals surface area contributed by atoms with Crippen LogP contribution in [0.4, 0.5) is 0 Å². The normalized spacial score (nSPS) is 23.4. The van der Waals surface area contributed by atoms with E-state index >= 15 is 0 Å². The Morgan fingerprint density at radius 1 is 1.36 bits per heavy atom. The lowest BCUT2D eigenvalue weighted by Crippen LogP contribution is -2.48. The minimum atomic E-state index is 0.161. The van der Waals surface area contributed by atoms with Crippen LogP contribution >= 0.6 is 0 Å². The largest absolute Gasteiger partial charge is 0.379 e. The van der Waals surface area contributed by atoms with Gasteiger partial charge in [-0.1, -0.05) is 19.3 Å². The van der Waals surface area contributed by atoms with Gasteiger partial charge in [-0.05, 0) is 19.8 Å². The van der Waals surface area contributed by atoms with Gasteiger partial charge in [-0.25, -0.2) is 0 Å². The maximum atomic E-state index is 5.58. The van der Waals surface area contributed by atoms with Crippen molar-refractivity contribution in [3.63, 3.8) is 0 Å². The Morgan fingerprint density at radius 2 is 2.00 bits per heavy atom. The maximum absolute atomic E-state index is 5.58.